The molecule has 1 fully saturated rings. The smallest absolute Gasteiger partial charge is 0.243 e. The van der Waals surface area contributed by atoms with E-state index in [0.29, 0.717) is 6.54 Å². The van der Waals surface area contributed by atoms with Crippen LogP contribution in [-0.2, 0) is 10.3 Å². The van der Waals surface area contributed by atoms with Crippen LogP contribution in [0, 0.1) is 5.92 Å². The van der Waals surface area contributed by atoms with Crippen molar-refractivity contribution in [3.8, 4) is 0 Å². The highest BCUT2D eigenvalue weighted by Crippen LogP contribution is 2.29. The molecule has 116 valence electrons. The van der Waals surface area contributed by atoms with Crippen LogP contribution in [0.4, 0.5) is 0 Å². The highest BCUT2D eigenvalue weighted by Gasteiger charge is 2.39. The third-order valence-electron chi connectivity index (χ3n) is 4.76. The molecule has 2 rings (SSSR count). The van der Waals surface area contributed by atoms with Gasteiger partial charge in [-0.15, -0.1) is 0 Å². The molecule has 0 heterocycles. The normalized spacial score (nSPS) is 18.2. The second-order valence-corrected chi connectivity index (χ2v) is 6.01. The molecule has 1 aliphatic carbocycles. The van der Waals surface area contributed by atoms with Gasteiger partial charge in [0.15, 0.2) is 0 Å². The summed E-state index contributed by atoms with van der Waals surface area (Å²) in [7, 11) is 1.81. The molecule has 0 saturated heterocycles. The van der Waals surface area contributed by atoms with E-state index in [0.717, 1.165) is 24.6 Å². The molecular formula is C17H27N3O. The summed E-state index contributed by atoms with van der Waals surface area (Å²) >= 11 is 0. The molecule has 0 aliphatic heterocycles. The van der Waals surface area contributed by atoms with Crippen molar-refractivity contribution in [2.24, 2.45) is 11.7 Å². The van der Waals surface area contributed by atoms with E-state index < -0.39 is 5.54 Å². The van der Waals surface area contributed by atoms with Crippen molar-refractivity contribution in [2.45, 2.75) is 31.7 Å². The van der Waals surface area contributed by atoms with Gasteiger partial charge in [-0.1, -0.05) is 43.7 Å². The number of hydrogen-bond donors (Lipinski definition) is 2. The van der Waals surface area contributed by atoms with Crippen LogP contribution in [-0.4, -0.2) is 37.5 Å². The van der Waals surface area contributed by atoms with E-state index in [9.17, 15) is 4.79 Å². The highest BCUT2D eigenvalue weighted by atomic mass is 16.1. The number of carbonyl (C=O) groups excluding carboxylic acids is 1. The van der Waals surface area contributed by atoms with E-state index in [1.165, 1.54) is 19.3 Å². The Bertz CT molecular complexity index is 458. The van der Waals surface area contributed by atoms with Crippen LogP contribution in [0.15, 0.2) is 30.3 Å². The molecule has 1 unspecified atom stereocenters. The summed E-state index contributed by atoms with van der Waals surface area (Å²) in [6.45, 7) is 4.75. The maximum Gasteiger partial charge on any atom is 0.243 e. The fourth-order valence-electron chi connectivity index (χ4n) is 3.06. The maximum atomic E-state index is 12.2. The Balaban J connectivity index is 2.20. The Morgan fingerprint density at radius 2 is 2.05 bits per heavy atom. The van der Waals surface area contributed by atoms with Crippen LogP contribution >= 0.6 is 0 Å². The van der Waals surface area contributed by atoms with Gasteiger partial charge < -0.3 is 16.0 Å². The molecule has 4 heteroatoms. The zero-order valence-electron chi connectivity index (χ0n) is 13.1. The second-order valence-electron chi connectivity index (χ2n) is 6.01. The van der Waals surface area contributed by atoms with Gasteiger partial charge in [0.25, 0.3) is 0 Å². The zero-order chi connectivity index (χ0) is 15.3. The topological polar surface area (TPSA) is 58.4 Å². The molecule has 1 aromatic carbocycles. The van der Waals surface area contributed by atoms with Crippen molar-refractivity contribution in [1.82, 2.24) is 10.2 Å². The first kappa shape index (κ1) is 16.0. The van der Waals surface area contributed by atoms with Crippen LogP contribution in [0.5, 0.6) is 0 Å². The maximum absolute atomic E-state index is 12.2. The van der Waals surface area contributed by atoms with E-state index in [1.54, 1.807) is 0 Å². The summed E-state index contributed by atoms with van der Waals surface area (Å²) in [6, 6.07) is 9.80. The SMILES string of the molecule is CCN(CC1CCC1)CC(NC)(C(N)=O)c1ccccc1. The summed E-state index contributed by atoms with van der Waals surface area (Å²) in [5.74, 6) is 0.464. The molecule has 4 nitrogen and oxygen atoms in total. The number of hydrogen-bond acceptors (Lipinski definition) is 3. The van der Waals surface area contributed by atoms with Gasteiger partial charge in [0.05, 0.1) is 0 Å². The first-order valence-corrected chi connectivity index (χ1v) is 7.89. The van der Waals surface area contributed by atoms with Crippen molar-refractivity contribution in [3.05, 3.63) is 35.9 Å². The third-order valence-corrected chi connectivity index (χ3v) is 4.76. The average molecular weight is 289 g/mol. The molecule has 0 bridgehead atoms. The first-order chi connectivity index (χ1) is 10.1. The Hall–Kier alpha value is -1.39. The summed E-state index contributed by atoms with van der Waals surface area (Å²) in [5.41, 5.74) is 5.89. The fourth-order valence-corrected chi connectivity index (χ4v) is 3.06. The van der Waals surface area contributed by atoms with Gasteiger partial charge in [-0.3, -0.25) is 4.79 Å². The molecule has 21 heavy (non-hydrogen) atoms. The van der Waals surface area contributed by atoms with Gasteiger partial charge in [-0.05, 0) is 37.9 Å². The monoisotopic (exact) mass is 289 g/mol. The van der Waals surface area contributed by atoms with E-state index >= 15 is 0 Å². The second kappa shape index (κ2) is 7.05. The molecule has 1 atom stereocenters. The summed E-state index contributed by atoms with van der Waals surface area (Å²) in [4.78, 5) is 14.6. The minimum atomic E-state index is -0.818. The lowest BCUT2D eigenvalue weighted by molar-refractivity contribution is -0.125. The molecule has 1 aromatic rings. The zero-order valence-corrected chi connectivity index (χ0v) is 13.1. The van der Waals surface area contributed by atoms with Crippen molar-refractivity contribution in [2.75, 3.05) is 26.7 Å². The van der Waals surface area contributed by atoms with Crippen LogP contribution < -0.4 is 11.1 Å². The summed E-state index contributed by atoms with van der Waals surface area (Å²) in [6.07, 6.45) is 3.96. The van der Waals surface area contributed by atoms with Crippen LogP contribution in [0.1, 0.15) is 31.7 Å². The third kappa shape index (κ3) is 3.44. The largest absolute Gasteiger partial charge is 0.368 e. The Kier molecular flexibility index (Phi) is 5.37. The predicted molar refractivity (Wildman–Crippen MR) is 85.8 cm³/mol. The van der Waals surface area contributed by atoms with Crippen molar-refractivity contribution in [1.29, 1.82) is 0 Å². The summed E-state index contributed by atoms with van der Waals surface area (Å²) < 4.78 is 0. The quantitative estimate of drug-likeness (QED) is 0.766. The first-order valence-electron chi connectivity index (χ1n) is 7.89. The number of carbonyl (C=O) groups is 1. The Labute approximate surface area is 127 Å². The molecule has 0 spiro atoms. The minimum absolute atomic E-state index is 0.316. The van der Waals surface area contributed by atoms with E-state index in [2.05, 4.69) is 17.1 Å². The number of amides is 1. The lowest BCUT2D eigenvalue weighted by Gasteiger charge is -2.39. The van der Waals surface area contributed by atoms with Gasteiger partial charge in [-0.2, -0.15) is 0 Å². The van der Waals surface area contributed by atoms with Crippen molar-refractivity contribution < 1.29 is 4.79 Å². The van der Waals surface area contributed by atoms with Gasteiger partial charge >= 0.3 is 0 Å². The number of nitrogens with two attached hydrogens (primary N) is 1. The van der Waals surface area contributed by atoms with Crippen molar-refractivity contribution >= 4 is 5.91 Å². The van der Waals surface area contributed by atoms with Gasteiger partial charge in [-0.25, -0.2) is 0 Å². The standard InChI is InChI=1S/C17H27N3O/c1-3-20(12-14-8-7-9-14)13-17(19-2,16(18)21)15-10-5-4-6-11-15/h4-6,10-11,14,19H,3,7-9,12-13H2,1-2H3,(H2,18,21). The van der Waals surface area contributed by atoms with Crippen LogP contribution in [0.3, 0.4) is 0 Å². The number of nitrogens with one attached hydrogen (secondary N) is 1. The Morgan fingerprint density at radius 1 is 1.38 bits per heavy atom. The number of nitrogens with zero attached hydrogens (tertiary/aromatic N) is 1. The van der Waals surface area contributed by atoms with Crippen LogP contribution in [0.25, 0.3) is 0 Å². The van der Waals surface area contributed by atoms with E-state index in [4.69, 9.17) is 5.73 Å². The number of primary amides is 1. The predicted octanol–water partition coefficient (Wildman–Crippen LogP) is 1.71. The summed E-state index contributed by atoms with van der Waals surface area (Å²) in [5, 5.41) is 3.19. The molecule has 1 saturated carbocycles. The molecular weight excluding hydrogens is 262 g/mol. The Morgan fingerprint density at radius 3 is 2.48 bits per heavy atom. The van der Waals surface area contributed by atoms with Crippen LogP contribution in [0.2, 0.25) is 0 Å². The van der Waals surface area contributed by atoms with E-state index in [-0.39, 0.29) is 5.91 Å². The van der Waals surface area contributed by atoms with Gasteiger partial charge in [0.2, 0.25) is 5.91 Å². The average Bonchev–Trinajstić information content (AvgIpc) is 2.46. The lowest BCUT2D eigenvalue weighted by atomic mass is 9.84. The minimum Gasteiger partial charge on any atom is -0.368 e. The molecule has 3 N–H and O–H groups in total. The highest BCUT2D eigenvalue weighted by molar-refractivity contribution is 5.86. The number of benzene rings is 1. The lowest BCUT2D eigenvalue weighted by Crippen LogP contribution is -2.58. The number of likely N-dealkylation sites (N-methyl/N-ethyl adjacent to an activating group) is 2. The molecule has 0 aromatic heterocycles. The molecule has 0 radical (unpaired) electrons. The number of rotatable bonds is 8. The van der Waals surface area contributed by atoms with Crippen molar-refractivity contribution in [3.63, 3.8) is 0 Å². The van der Waals surface area contributed by atoms with Gasteiger partial charge in [0.1, 0.15) is 5.54 Å². The van der Waals surface area contributed by atoms with E-state index in [1.807, 2.05) is 37.4 Å². The fraction of sp³-hybridized carbons (Fsp3) is 0.588. The van der Waals surface area contributed by atoms with Gasteiger partial charge in [0, 0.05) is 13.1 Å². The molecule has 1 amide bonds. The molecule has 1 aliphatic rings.